The summed E-state index contributed by atoms with van der Waals surface area (Å²) in [5.74, 6) is -0.279. The molecule has 1 rings (SSSR count). The zero-order valence-corrected chi connectivity index (χ0v) is 6.37. The molecule has 0 saturated carbocycles. The van der Waals surface area contributed by atoms with Crippen molar-refractivity contribution < 1.29 is 14.4 Å². The lowest BCUT2D eigenvalue weighted by Crippen LogP contribution is -1.94. The maximum Gasteiger partial charge on any atom is 0.358 e. The molecule has 1 heterocycles. The molecule has 1 N–H and O–H groups in total. The third-order valence-corrected chi connectivity index (χ3v) is 1.32. The summed E-state index contributed by atoms with van der Waals surface area (Å²) < 4.78 is 4.76. The number of rotatable bonds is 2. The summed E-state index contributed by atoms with van der Waals surface area (Å²) in [6.07, 6.45) is 0. The summed E-state index contributed by atoms with van der Waals surface area (Å²) >= 11 is 0. The number of carbonyl (C=O) groups is 1. The summed E-state index contributed by atoms with van der Waals surface area (Å²) in [6, 6.07) is 1.44. The van der Waals surface area contributed by atoms with Crippen LogP contribution in [0.3, 0.4) is 0 Å². The van der Waals surface area contributed by atoms with Crippen LogP contribution in [0.1, 0.15) is 36.0 Å². The maximum atomic E-state index is 10.3. The van der Waals surface area contributed by atoms with Gasteiger partial charge < -0.3 is 9.63 Å². The van der Waals surface area contributed by atoms with Crippen molar-refractivity contribution in [2.24, 2.45) is 0 Å². The highest BCUT2D eigenvalue weighted by Gasteiger charge is 2.12. The topological polar surface area (TPSA) is 63.3 Å². The van der Waals surface area contributed by atoms with Crippen LogP contribution < -0.4 is 0 Å². The molecule has 60 valence electrons. The van der Waals surface area contributed by atoms with Crippen LogP contribution in [0.4, 0.5) is 0 Å². The highest BCUT2D eigenvalue weighted by atomic mass is 16.5. The Hall–Kier alpha value is -1.32. The van der Waals surface area contributed by atoms with E-state index in [1.165, 1.54) is 6.07 Å². The Labute approximate surface area is 63.8 Å². The Bertz CT molecular complexity index is 264. The van der Waals surface area contributed by atoms with E-state index in [9.17, 15) is 4.79 Å². The van der Waals surface area contributed by atoms with Crippen LogP contribution >= 0.6 is 0 Å². The SMILES string of the molecule is CC(C)c1cc(C(=O)O)no1. The molecule has 0 amide bonds. The second kappa shape index (κ2) is 2.74. The van der Waals surface area contributed by atoms with Crippen molar-refractivity contribution in [3.05, 3.63) is 17.5 Å². The molecule has 0 aliphatic rings. The minimum absolute atomic E-state index is 0.0336. The van der Waals surface area contributed by atoms with Gasteiger partial charge in [-0.3, -0.25) is 0 Å². The lowest BCUT2D eigenvalue weighted by molar-refractivity contribution is 0.0685. The Morgan fingerprint density at radius 3 is 2.64 bits per heavy atom. The van der Waals surface area contributed by atoms with E-state index in [-0.39, 0.29) is 11.6 Å². The normalized spacial score (nSPS) is 10.5. The van der Waals surface area contributed by atoms with Crippen LogP contribution in [0, 0.1) is 0 Å². The standard InChI is InChI=1S/C7H9NO3/c1-4(2)6-3-5(7(9)10)8-11-6/h3-4H,1-2H3,(H,9,10). The van der Waals surface area contributed by atoms with Crippen LogP contribution in [0.2, 0.25) is 0 Å². The molecule has 1 aromatic heterocycles. The smallest absolute Gasteiger partial charge is 0.358 e. The third kappa shape index (κ3) is 1.58. The Balaban J connectivity index is 2.90. The Morgan fingerprint density at radius 2 is 2.36 bits per heavy atom. The first-order valence-electron chi connectivity index (χ1n) is 3.31. The van der Waals surface area contributed by atoms with E-state index in [2.05, 4.69) is 5.16 Å². The van der Waals surface area contributed by atoms with Gasteiger partial charge in [0, 0.05) is 12.0 Å². The van der Waals surface area contributed by atoms with Crippen molar-refractivity contribution in [1.29, 1.82) is 0 Å². The number of carboxylic acid groups (broad SMARTS) is 1. The predicted molar refractivity (Wildman–Crippen MR) is 37.6 cm³/mol. The van der Waals surface area contributed by atoms with Gasteiger partial charge in [0.25, 0.3) is 0 Å². The highest BCUT2D eigenvalue weighted by molar-refractivity contribution is 5.85. The fraction of sp³-hybridized carbons (Fsp3) is 0.429. The first kappa shape index (κ1) is 7.78. The van der Waals surface area contributed by atoms with Crippen molar-refractivity contribution in [2.45, 2.75) is 19.8 Å². The summed E-state index contributed by atoms with van der Waals surface area (Å²) in [6.45, 7) is 3.82. The van der Waals surface area contributed by atoms with E-state index in [1.54, 1.807) is 0 Å². The maximum absolute atomic E-state index is 10.3. The summed E-state index contributed by atoms with van der Waals surface area (Å²) in [7, 11) is 0. The summed E-state index contributed by atoms with van der Waals surface area (Å²) in [5.41, 5.74) is -0.0336. The Kier molecular flexibility index (Phi) is 1.94. The van der Waals surface area contributed by atoms with Crippen molar-refractivity contribution in [2.75, 3.05) is 0 Å². The van der Waals surface area contributed by atoms with Crippen molar-refractivity contribution >= 4 is 5.97 Å². The number of aromatic carboxylic acids is 1. The molecule has 0 spiro atoms. The van der Waals surface area contributed by atoms with Crippen LogP contribution in [-0.2, 0) is 0 Å². The average molecular weight is 155 g/mol. The van der Waals surface area contributed by atoms with Gasteiger partial charge in [-0.1, -0.05) is 19.0 Å². The van der Waals surface area contributed by atoms with E-state index >= 15 is 0 Å². The van der Waals surface area contributed by atoms with Gasteiger partial charge in [-0.2, -0.15) is 0 Å². The highest BCUT2D eigenvalue weighted by Crippen LogP contribution is 2.14. The van der Waals surface area contributed by atoms with E-state index in [0.29, 0.717) is 5.76 Å². The van der Waals surface area contributed by atoms with Gasteiger partial charge in [0.2, 0.25) is 0 Å². The molecule has 0 bridgehead atoms. The number of hydrogen-bond donors (Lipinski definition) is 1. The average Bonchev–Trinajstić information content (AvgIpc) is 2.33. The lowest BCUT2D eigenvalue weighted by atomic mass is 10.1. The molecule has 4 nitrogen and oxygen atoms in total. The largest absolute Gasteiger partial charge is 0.476 e. The van der Waals surface area contributed by atoms with E-state index in [1.807, 2.05) is 13.8 Å². The summed E-state index contributed by atoms with van der Waals surface area (Å²) in [4.78, 5) is 10.3. The van der Waals surface area contributed by atoms with Crippen LogP contribution in [0.15, 0.2) is 10.6 Å². The van der Waals surface area contributed by atoms with E-state index < -0.39 is 5.97 Å². The molecular formula is C7H9NO3. The van der Waals surface area contributed by atoms with E-state index in [0.717, 1.165) is 0 Å². The molecule has 0 aliphatic heterocycles. The van der Waals surface area contributed by atoms with Gasteiger partial charge in [0.15, 0.2) is 5.69 Å². The van der Waals surface area contributed by atoms with Crippen molar-refractivity contribution in [3.63, 3.8) is 0 Å². The molecule has 0 aliphatic carbocycles. The van der Waals surface area contributed by atoms with Crippen LogP contribution in [-0.4, -0.2) is 16.2 Å². The van der Waals surface area contributed by atoms with Crippen LogP contribution in [0.5, 0.6) is 0 Å². The molecule has 0 saturated heterocycles. The van der Waals surface area contributed by atoms with E-state index in [4.69, 9.17) is 9.63 Å². The fourth-order valence-corrected chi connectivity index (χ4v) is 0.662. The van der Waals surface area contributed by atoms with Crippen molar-refractivity contribution in [3.8, 4) is 0 Å². The Morgan fingerprint density at radius 1 is 1.73 bits per heavy atom. The minimum atomic E-state index is -1.05. The first-order valence-corrected chi connectivity index (χ1v) is 3.31. The van der Waals surface area contributed by atoms with Gasteiger partial charge in [0.05, 0.1) is 0 Å². The molecular weight excluding hydrogens is 146 g/mol. The number of aromatic nitrogens is 1. The number of hydrogen-bond acceptors (Lipinski definition) is 3. The summed E-state index contributed by atoms with van der Waals surface area (Å²) in [5, 5.41) is 11.8. The fourth-order valence-electron chi connectivity index (χ4n) is 0.662. The molecule has 4 heteroatoms. The van der Waals surface area contributed by atoms with Gasteiger partial charge in [0.1, 0.15) is 5.76 Å². The van der Waals surface area contributed by atoms with Gasteiger partial charge in [-0.15, -0.1) is 0 Å². The monoisotopic (exact) mass is 155 g/mol. The first-order chi connectivity index (χ1) is 5.11. The third-order valence-electron chi connectivity index (χ3n) is 1.32. The lowest BCUT2D eigenvalue weighted by Gasteiger charge is -1.92. The predicted octanol–water partition coefficient (Wildman–Crippen LogP) is 1.50. The molecule has 0 fully saturated rings. The van der Waals surface area contributed by atoms with Crippen LogP contribution in [0.25, 0.3) is 0 Å². The zero-order chi connectivity index (χ0) is 8.43. The van der Waals surface area contributed by atoms with Gasteiger partial charge in [-0.25, -0.2) is 4.79 Å². The molecule has 0 atom stereocenters. The second-order valence-corrected chi connectivity index (χ2v) is 2.57. The van der Waals surface area contributed by atoms with Crippen molar-refractivity contribution in [1.82, 2.24) is 5.16 Å². The molecule has 0 radical (unpaired) electrons. The minimum Gasteiger partial charge on any atom is -0.476 e. The molecule has 1 aromatic rings. The number of carboxylic acids is 1. The van der Waals surface area contributed by atoms with Gasteiger partial charge >= 0.3 is 5.97 Å². The number of nitrogens with zero attached hydrogens (tertiary/aromatic N) is 1. The van der Waals surface area contributed by atoms with Gasteiger partial charge in [-0.05, 0) is 0 Å². The second-order valence-electron chi connectivity index (χ2n) is 2.57. The zero-order valence-electron chi connectivity index (χ0n) is 6.37. The molecule has 0 aromatic carbocycles. The molecule has 0 unspecified atom stereocenters. The quantitative estimate of drug-likeness (QED) is 0.702. The molecule has 11 heavy (non-hydrogen) atoms.